The number of hydrogen-bond acceptors (Lipinski definition) is 6. The van der Waals surface area contributed by atoms with E-state index in [1.807, 2.05) is 18.5 Å². The van der Waals surface area contributed by atoms with Crippen molar-refractivity contribution in [2.45, 2.75) is 63.6 Å². The summed E-state index contributed by atoms with van der Waals surface area (Å²) < 4.78 is 9.31. The second-order valence-corrected chi connectivity index (χ2v) is 9.89. The summed E-state index contributed by atoms with van der Waals surface area (Å²) in [5.41, 5.74) is 3.04. The molecule has 0 N–H and O–H groups in total. The quantitative estimate of drug-likeness (QED) is 0.407. The number of aryl methyl sites for hydroxylation is 4. The van der Waals surface area contributed by atoms with Gasteiger partial charge in [-0.3, -0.25) is 14.0 Å². The van der Waals surface area contributed by atoms with Gasteiger partial charge in [-0.2, -0.15) is 5.10 Å². The minimum Gasteiger partial charge on any atom is -0.376 e. The predicted molar refractivity (Wildman–Crippen MR) is 119 cm³/mol. The van der Waals surface area contributed by atoms with Crippen molar-refractivity contribution in [3.8, 4) is 0 Å². The van der Waals surface area contributed by atoms with Gasteiger partial charge in [-0.15, -0.1) is 11.3 Å². The van der Waals surface area contributed by atoms with Gasteiger partial charge in [0.1, 0.15) is 9.98 Å². The van der Waals surface area contributed by atoms with Crippen LogP contribution in [0.2, 0.25) is 5.15 Å². The highest BCUT2D eigenvalue weighted by Gasteiger charge is 2.23. The number of halogens is 1. The van der Waals surface area contributed by atoms with Crippen LogP contribution < -0.4 is 5.56 Å². The Balaban J connectivity index is 1.77. The second kappa shape index (κ2) is 8.41. The maximum Gasteiger partial charge on any atom is 0.263 e. The van der Waals surface area contributed by atoms with E-state index in [0.717, 1.165) is 58.1 Å². The summed E-state index contributed by atoms with van der Waals surface area (Å²) in [4.78, 5) is 20.4. The highest BCUT2D eigenvalue weighted by atomic mass is 35.5. The minimum atomic E-state index is 0.0446. The third kappa shape index (κ3) is 3.87. The van der Waals surface area contributed by atoms with Crippen LogP contribution in [0.4, 0.5) is 0 Å². The zero-order chi connectivity index (χ0) is 20.7. The molecular weight excluding hydrogens is 428 g/mol. The van der Waals surface area contributed by atoms with Crippen molar-refractivity contribution in [2.75, 3.05) is 6.61 Å². The van der Waals surface area contributed by atoms with Gasteiger partial charge in [-0.05, 0) is 38.7 Å². The molecule has 0 aromatic carbocycles. The van der Waals surface area contributed by atoms with Gasteiger partial charge in [0.2, 0.25) is 0 Å². The average Bonchev–Trinajstić information content (AvgIpc) is 3.36. The van der Waals surface area contributed by atoms with E-state index < -0.39 is 0 Å². The lowest BCUT2D eigenvalue weighted by molar-refractivity contribution is 0.0937. The first-order valence-corrected chi connectivity index (χ1v) is 12.0. The largest absolute Gasteiger partial charge is 0.376 e. The Morgan fingerprint density at radius 1 is 1.34 bits per heavy atom. The number of aromatic nitrogens is 4. The molecule has 0 radical (unpaired) electrons. The number of thioether (sulfide) groups is 1. The molecule has 1 aliphatic heterocycles. The Labute approximate surface area is 183 Å². The Bertz CT molecular complexity index is 1110. The molecule has 3 aromatic rings. The topological polar surface area (TPSA) is 61.9 Å². The zero-order valence-electron chi connectivity index (χ0n) is 17.1. The Morgan fingerprint density at radius 3 is 2.76 bits per heavy atom. The summed E-state index contributed by atoms with van der Waals surface area (Å²) >= 11 is 9.55. The molecule has 0 amide bonds. The van der Waals surface area contributed by atoms with Crippen LogP contribution >= 0.6 is 34.7 Å². The molecule has 1 fully saturated rings. The summed E-state index contributed by atoms with van der Waals surface area (Å²) in [6, 6.07) is 0. The van der Waals surface area contributed by atoms with Crippen LogP contribution in [0.5, 0.6) is 0 Å². The summed E-state index contributed by atoms with van der Waals surface area (Å²) in [6.07, 6.45) is 2.92. The van der Waals surface area contributed by atoms with E-state index >= 15 is 0 Å². The molecule has 3 aromatic heterocycles. The predicted octanol–water partition coefficient (Wildman–Crippen LogP) is 4.50. The van der Waals surface area contributed by atoms with Crippen LogP contribution in [0, 0.1) is 13.8 Å². The first-order valence-electron chi connectivity index (χ1n) is 9.85. The number of hydrogen-bond donors (Lipinski definition) is 0. The molecule has 156 valence electrons. The lowest BCUT2D eigenvalue weighted by atomic mass is 10.1. The Kier molecular flexibility index (Phi) is 6.06. The van der Waals surface area contributed by atoms with Crippen molar-refractivity contribution in [1.82, 2.24) is 19.3 Å². The van der Waals surface area contributed by atoms with Crippen LogP contribution in [0.15, 0.2) is 9.95 Å². The summed E-state index contributed by atoms with van der Waals surface area (Å²) in [5, 5.41) is 6.51. The number of fused-ring (bicyclic) bond motifs is 1. The Morgan fingerprint density at radius 2 is 2.14 bits per heavy atom. The molecule has 0 saturated carbocycles. The highest BCUT2D eigenvalue weighted by Crippen LogP contribution is 2.32. The molecule has 0 spiro atoms. The SMILES string of the molecule is CCc1c(C)sc2nc(SCc3c(C)nn(C)c3Cl)n(C[C@@H]3CCCO3)c(=O)c12. The van der Waals surface area contributed by atoms with E-state index in [0.29, 0.717) is 17.5 Å². The molecule has 9 heteroatoms. The van der Waals surface area contributed by atoms with Crippen LogP contribution in [-0.4, -0.2) is 32.0 Å². The molecule has 4 rings (SSSR count). The van der Waals surface area contributed by atoms with Gasteiger partial charge < -0.3 is 4.74 Å². The van der Waals surface area contributed by atoms with Crippen molar-refractivity contribution in [2.24, 2.45) is 7.05 Å². The van der Waals surface area contributed by atoms with Crippen molar-refractivity contribution < 1.29 is 4.74 Å². The van der Waals surface area contributed by atoms with Crippen molar-refractivity contribution in [3.63, 3.8) is 0 Å². The van der Waals surface area contributed by atoms with Gasteiger partial charge in [0.25, 0.3) is 5.56 Å². The van der Waals surface area contributed by atoms with E-state index in [4.69, 9.17) is 21.3 Å². The molecule has 1 saturated heterocycles. The summed E-state index contributed by atoms with van der Waals surface area (Å²) in [5.74, 6) is 0.618. The monoisotopic (exact) mass is 452 g/mol. The molecule has 0 bridgehead atoms. The second-order valence-electron chi connectivity index (χ2n) is 7.38. The van der Waals surface area contributed by atoms with Crippen molar-refractivity contribution in [3.05, 3.63) is 37.2 Å². The molecular formula is C20H25ClN4O2S2. The van der Waals surface area contributed by atoms with Gasteiger partial charge >= 0.3 is 0 Å². The minimum absolute atomic E-state index is 0.0446. The van der Waals surface area contributed by atoms with Gasteiger partial charge in [0, 0.05) is 29.8 Å². The number of thiophene rings is 1. The van der Waals surface area contributed by atoms with Gasteiger partial charge in [0.15, 0.2) is 5.16 Å². The number of ether oxygens (including phenoxy) is 1. The molecule has 0 unspecified atom stereocenters. The lowest BCUT2D eigenvalue weighted by Crippen LogP contribution is -2.29. The van der Waals surface area contributed by atoms with E-state index in [2.05, 4.69) is 18.9 Å². The molecule has 1 aliphatic rings. The van der Waals surface area contributed by atoms with E-state index in [1.165, 1.54) is 4.88 Å². The zero-order valence-corrected chi connectivity index (χ0v) is 19.5. The van der Waals surface area contributed by atoms with Crippen LogP contribution in [0.25, 0.3) is 10.2 Å². The lowest BCUT2D eigenvalue weighted by Gasteiger charge is -2.16. The normalized spacial score (nSPS) is 16.9. The number of rotatable bonds is 6. The van der Waals surface area contributed by atoms with E-state index in [1.54, 1.807) is 27.8 Å². The standard InChI is InChI=1S/C20H25ClN4O2S2/c1-5-14-12(3)29-18-16(14)19(26)25(9-13-7-6-8-27-13)20(22-18)28-10-15-11(2)23-24(4)17(15)21/h13H,5-10H2,1-4H3/t13-/m0/s1. The fourth-order valence-corrected chi connectivity index (χ4v) is 6.47. The van der Waals surface area contributed by atoms with Crippen molar-refractivity contribution >= 4 is 44.9 Å². The third-order valence-corrected chi connectivity index (χ3v) is 7.97. The van der Waals surface area contributed by atoms with Crippen LogP contribution in [-0.2, 0) is 30.5 Å². The van der Waals surface area contributed by atoms with Gasteiger partial charge in [-0.1, -0.05) is 30.3 Å². The molecule has 29 heavy (non-hydrogen) atoms. The van der Waals surface area contributed by atoms with E-state index in [9.17, 15) is 4.79 Å². The molecule has 1 atom stereocenters. The smallest absolute Gasteiger partial charge is 0.263 e. The van der Waals surface area contributed by atoms with Gasteiger partial charge in [0.05, 0.1) is 23.7 Å². The molecule has 0 aliphatic carbocycles. The first-order chi connectivity index (χ1) is 13.9. The fraction of sp³-hybridized carbons (Fsp3) is 0.550. The summed E-state index contributed by atoms with van der Waals surface area (Å²) in [6.45, 7) is 7.42. The summed E-state index contributed by atoms with van der Waals surface area (Å²) in [7, 11) is 1.84. The molecule has 4 heterocycles. The first kappa shape index (κ1) is 20.9. The molecule has 6 nitrogen and oxygen atoms in total. The van der Waals surface area contributed by atoms with Gasteiger partial charge in [-0.25, -0.2) is 4.98 Å². The number of nitrogens with zero attached hydrogens (tertiary/aromatic N) is 4. The highest BCUT2D eigenvalue weighted by molar-refractivity contribution is 7.98. The maximum atomic E-state index is 13.5. The average molecular weight is 453 g/mol. The maximum absolute atomic E-state index is 13.5. The van der Waals surface area contributed by atoms with Crippen molar-refractivity contribution in [1.29, 1.82) is 0 Å². The van der Waals surface area contributed by atoms with Crippen LogP contribution in [0.3, 0.4) is 0 Å². The van der Waals surface area contributed by atoms with E-state index in [-0.39, 0.29) is 11.7 Å². The van der Waals surface area contributed by atoms with Crippen LogP contribution in [0.1, 0.15) is 41.5 Å². The third-order valence-electron chi connectivity index (χ3n) is 5.46. The fourth-order valence-electron chi connectivity index (χ4n) is 3.89. The Hall–Kier alpha value is -1.35.